The van der Waals surface area contributed by atoms with Gasteiger partial charge in [-0.2, -0.15) is 0 Å². The summed E-state index contributed by atoms with van der Waals surface area (Å²) in [5, 5.41) is 2.98. The van der Waals surface area contributed by atoms with Crippen molar-refractivity contribution in [3.05, 3.63) is 30.5 Å². The number of nitrogens with zero attached hydrogens (tertiary/aromatic N) is 4. The molecule has 1 saturated heterocycles. The minimum atomic E-state index is 0.127. The zero-order valence-electron chi connectivity index (χ0n) is 14.2. The lowest BCUT2D eigenvalue weighted by atomic mass is 10.3. The largest absolute Gasteiger partial charge is 0.355 e. The summed E-state index contributed by atoms with van der Waals surface area (Å²) in [5.41, 5.74) is 1.84. The Labute approximate surface area is 142 Å². The average Bonchev–Trinajstić information content (AvgIpc) is 2.62. The molecule has 0 radical (unpaired) electrons. The molecule has 1 aliphatic rings. The molecule has 1 aliphatic heterocycles. The lowest BCUT2D eigenvalue weighted by Gasteiger charge is -2.34. The number of unbranched alkanes of at least 4 members (excludes halogenated alkanes) is 1. The second kappa shape index (κ2) is 8.06. The van der Waals surface area contributed by atoms with Crippen LogP contribution in [-0.2, 0) is 4.79 Å². The molecule has 1 aromatic carbocycles. The maximum absolute atomic E-state index is 11.9. The van der Waals surface area contributed by atoms with Gasteiger partial charge in [-0.25, -0.2) is 4.98 Å². The van der Waals surface area contributed by atoms with Gasteiger partial charge in [0.2, 0.25) is 5.91 Å². The first kappa shape index (κ1) is 16.6. The van der Waals surface area contributed by atoms with E-state index in [4.69, 9.17) is 4.98 Å². The third-order valence-electron chi connectivity index (χ3n) is 4.35. The maximum Gasteiger partial charge on any atom is 0.234 e. The van der Waals surface area contributed by atoms with Gasteiger partial charge in [0.15, 0.2) is 0 Å². The van der Waals surface area contributed by atoms with E-state index in [2.05, 4.69) is 27.0 Å². The summed E-state index contributed by atoms with van der Waals surface area (Å²) in [5.74, 6) is 1.04. The lowest BCUT2D eigenvalue weighted by molar-refractivity contribution is -0.122. The lowest BCUT2D eigenvalue weighted by Crippen LogP contribution is -2.49. The fraction of sp³-hybridized carbons (Fsp3) is 0.500. The van der Waals surface area contributed by atoms with Gasteiger partial charge in [-0.1, -0.05) is 25.5 Å². The second-order valence-corrected chi connectivity index (χ2v) is 6.18. The molecule has 0 spiro atoms. The summed E-state index contributed by atoms with van der Waals surface area (Å²) in [6.07, 6.45) is 3.99. The molecule has 1 N–H and O–H groups in total. The molecule has 128 valence electrons. The number of rotatable bonds is 6. The smallest absolute Gasteiger partial charge is 0.234 e. The number of para-hydroxylation sites is 2. The predicted molar refractivity (Wildman–Crippen MR) is 96.1 cm³/mol. The van der Waals surface area contributed by atoms with Crippen LogP contribution in [0, 0.1) is 0 Å². The zero-order chi connectivity index (χ0) is 16.8. The monoisotopic (exact) mass is 327 g/mol. The fourth-order valence-corrected chi connectivity index (χ4v) is 2.90. The quantitative estimate of drug-likeness (QED) is 0.818. The molecule has 2 heterocycles. The third kappa shape index (κ3) is 4.20. The van der Waals surface area contributed by atoms with Crippen LogP contribution in [0.2, 0.25) is 0 Å². The molecular weight excluding hydrogens is 302 g/mol. The van der Waals surface area contributed by atoms with Crippen molar-refractivity contribution in [3.8, 4) is 0 Å². The molecule has 24 heavy (non-hydrogen) atoms. The van der Waals surface area contributed by atoms with E-state index >= 15 is 0 Å². The normalized spacial score (nSPS) is 15.6. The van der Waals surface area contributed by atoms with Crippen molar-refractivity contribution in [1.29, 1.82) is 0 Å². The van der Waals surface area contributed by atoms with Gasteiger partial charge in [0.25, 0.3) is 0 Å². The van der Waals surface area contributed by atoms with Crippen molar-refractivity contribution in [2.75, 3.05) is 44.2 Å². The van der Waals surface area contributed by atoms with Gasteiger partial charge in [-0.05, 0) is 18.6 Å². The van der Waals surface area contributed by atoms with Crippen molar-refractivity contribution in [1.82, 2.24) is 20.2 Å². The van der Waals surface area contributed by atoms with E-state index in [9.17, 15) is 4.79 Å². The fourth-order valence-electron chi connectivity index (χ4n) is 2.90. The first-order valence-corrected chi connectivity index (χ1v) is 8.72. The van der Waals surface area contributed by atoms with Crippen molar-refractivity contribution in [3.63, 3.8) is 0 Å². The molecule has 0 atom stereocenters. The highest BCUT2D eigenvalue weighted by molar-refractivity contribution is 5.78. The molecule has 6 heteroatoms. The average molecular weight is 327 g/mol. The van der Waals surface area contributed by atoms with E-state index in [1.165, 1.54) is 0 Å². The first-order valence-electron chi connectivity index (χ1n) is 8.72. The molecule has 3 rings (SSSR count). The van der Waals surface area contributed by atoms with Crippen LogP contribution in [0.4, 0.5) is 5.82 Å². The number of anilines is 1. The SMILES string of the molecule is CCCCNC(=O)CN1CCN(c2cnc3ccccc3n2)CC1. The van der Waals surface area contributed by atoms with Gasteiger partial charge in [0, 0.05) is 32.7 Å². The minimum Gasteiger partial charge on any atom is -0.355 e. The second-order valence-electron chi connectivity index (χ2n) is 6.18. The summed E-state index contributed by atoms with van der Waals surface area (Å²) in [4.78, 5) is 25.5. The predicted octanol–water partition coefficient (Wildman–Crippen LogP) is 1.67. The summed E-state index contributed by atoms with van der Waals surface area (Å²) in [6.45, 7) is 6.87. The molecule has 0 bridgehead atoms. The van der Waals surface area contributed by atoms with Crippen molar-refractivity contribution in [2.24, 2.45) is 0 Å². The van der Waals surface area contributed by atoms with Crippen LogP contribution in [0.1, 0.15) is 19.8 Å². The number of hydrogen-bond donors (Lipinski definition) is 1. The van der Waals surface area contributed by atoms with Crippen LogP contribution in [0.25, 0.3) is 11.0 Å². The van der Waals surface area contributed by atoms with Crippen LogP contribution in [0.3, 0.4) is 0 Å². The Hall–Kier alpha value is -2.21. The van der Waals surface area contributed by atoms with E-state index in [1.54, 1.807) is 0 Å². The van der Waals surface area contributed by atoms with E-state index in [0.29, 0.717) is 6.54 Å². The molecule has 1 fully saturated rings. The highest BCUT2D eigenvalue weighted by atomic mass is 16.2. The number of nitrogens with one attached hydrogen (secondary N) is 1. The highest BCUT2D eigenvalue weighted by Gasteiger charge is 2.20. The summed E-state index contributed by atoms with van der Waals surface area (Å²) in [7, 11) is 0. The van der Waals surface area contributed by atoms with Gasteiger partial charge >= 0.3 is 0 Å². The molecule has 1 aromatic heterocycles. The Bertz CT molecular complexity index is 682. The highest BCUT2D eigenvalue weighted by Crippen LogP contribution is 2.16. The number of carbonyl (C=O) groups is 1. The van der Waals surface area contributed by atoms with Crippen molar-refractivity contribution < 1.29 is 4.79 Å². The standard InChI is InChI=1S/C18H25N5O/c1-2-3-8-19-18(24)14-22-9-11-23(12-10-22)17-13-20-15-6-4-5-7-16(15)21-17/h4-7,13H,2-3,8-12,14H2,1H3,(H,19,24). The Balaban J connectivity index is 1.51. The molecule has 6 nitrogen and oxygen atoms in total. The van der Waals surface area contributed by atoms with Gasteiger partial charge in [-0.15, -0.1) is 0 Å². The Kier molecular flexibility index (Phi) is 5.59. The van der Waals surface area contributed by atoms with Gasteiger partial charge < -0.3 is 10.2 Å². The number of piperazine rings is 1. The Morgan fingerprint density at radius 1 is 1.17 bits per heavy atom. The minimum absolute atomic E-state index is 0.127. The number of aromatic nitrogens is 2. The molecule has 0 saturated carbocycles. The number of amides is 1. The molecule has 0 unspecified atom stereocenters. The van der Waals surface area contributed by atoms with Crippen LogP contribution >= 0.6 is 0 Å². The van der Waals surface area contributed by atoms with Crippen LogP contribution in [0.15, 0.2) is 30.5 Å². The third-order valence-corrected chi connectivity index (χ3v) is 4.35. The van der Waals surface area contributed by atoms with Crippen molar-refractivity contribution in [2.45, 2.75) is 19.8 Å². The van der Waals surface area contributed by atoms with E-state index < -0.39 is 0 Å². The number of benzene rings is 1. The summed E-state index contributed by atoms with van der Waals surface area (Å²) in [6, 6.07) is 7.92. The number of carbonyl (C=O) groups excluding carboxylic acids is 1. The molecule has 2 aromatic rings. The topological polar surface area (TPSA) is 61.4 Å². The molecule has 1 amide bonds. The van der Waals surface area contributed by atoms with Gasteiger partial charge in [0.1, 0.15) is 5.82 Å². The first-order chi connectivity index (χ1) is 11.8. The Morgan fingerprint density at radius 2 is 1.92 bits per heavy atom. The van der Waals surface area contributed by atoms with E-state index in [-0.39, 0.29) is 5.91 Å². The van der Waals surface area contributed by atoms with Crippen LogP contribution in [0.5, 0.6) is 0 Å². The summed E-state index contributed by atoms with van der Waals surface area (Å²) < 4.78 is 0. The number of fused-ring (bicyclic) bond motifs is 1. The molecule has 0 aliphatic carbocycles. The Morgan fingerprint density at radius 3 is 2.67 bits per heavy atom. The zero-order valence-corrected chi connectivity index (χ0v) is 14.2. The van der Waals surface area contributed by atoms with E-state index in [1.807, 2.05) is 30.5 Å². The summed E-state index contributed by atoms with van der Waals surface area (Å²) >= 11 is 0. The van der Waals surface area contributed by atoms with Crippen molar-refractivity contribution >= 4 is 22.8 Å². The van der Waals surface area contributed by atoms with E-state index in [0.717, 1.165) is 62.4 Å². The number of hydrogen-bond acceptors (Lipinski definition) is 5. The van der Waals surface area contributed by atoms with Crippen LogP contribution in [-0.4, -0.2) is 60.0 Å². The van der Waals surface area contributed by atoms with Crippen LogP contribution < -0.4 is 10.2 Å². The van der Waals surface area contributed by atoms with Gasteiger partial charge in [-0.3, -0.25) is 14.7 Å². The maximum atomic E-state index is 11.9. The van der Waals surface area contributed by atoms with Gasteiger partial charge in [0.05, 0.1) is 23.8 Å². The molecular formula is C18H25N5O.